The molecule has 2 aromatic rings. The molecule has 0 saturated carbocycles. The molecule has 29 heavy (non-hydrogen) atoms. The number of nitrogens with one attached hydrogen (secondary N) is 2. The van der Waals surface area contributed by atoms with E-state index in [1.165, 1.54) is 65.0 Å². The normalized spacial score (nSPS) is 14.8. The van der Waals surface area contributed by atoms with Crippen LogP contribution in [0.2, 0.25) is 0 Å². The highest BCUT2D eigenvalue weighted by Gasteiger charge is 2.27. The fraction of sp³-hybridized carbons (Fsp3) is 0.200. The van der Waals surface area contributed by atoms with Gasteiger partial charge in [-0.1, -0.05) is 18.2 Å². The average molecular weight is 417 g/mol. The summed E-state index contributed by atoms with van der Waals surface area (Å²) in [7, 11) is -3.64. The maximum absolute atomic E-state index is 12.9. The van der Waals surface area contributed by atoms with Gasteiger partial charge in [0.25, 0.3) is 11.8 Å². The lowest BCUT2D eigenvalue weighted by Crippen LogP contribution is -2.40. The van der Waals surface area contributed by atoms with Crippen LogP contribution in [0.1, 0.15) is 28.8 Å². The van der Waals surface area contributed by atoms with Gasteiger partial charge in [0, 0.05) is 24.7 Å². The number of rotatable bonds is 5. The SMILES string of the molecule is O=C(/C=C/c1ccc(F)cc1)NNC(=O)c1cccc(S(=O)(=O)N2CCCC2)c1. The fourth-order valence-electron chi connectivity index (χ4n) is 2.85. The van der Waals surface area contributed by atoms with Crippen LogP contribution in [0.3, 0.4) is 0 Å². The number of hydrazine groups is 1. The second kappa shape index (κ2) is 8.97. The predicted molar refractivity (Wildman–Crippen MR) is 105 cm³/mol. The summed E-state index contributed by atoms with van der Waals surface area (Å²) in [6.07, 6.45) is 4.28. The van der Waals surface area contributed by atoms with Gasteiger partial charge in [-0.25, -0.2) is 12.8 Å². The van der Waals surface area contributed by atoms with Gasteiger partial charge in [-0.15, -0.1) is 0 Å². The highest BCUT2D eigenvalue weighted by atomic mass is 32.2. The third kappa shape index (κ3) is 5.27. The van der Waals surface area contributed by atoms with Gasteiger partial charge < -0.3 is 0 Å². The lowest BCUT2D eigenvalue weighted by atomic mass is 10.2. The second-order valence-electron chi connectivity index (χ2n) is 6.47. The Kier molecular flexibility index (Phi) is 6.40. The standard InChI is InChI=1S/C20H20FN3O4S/c21-17-9-6-15(7-10-17)8-11-19(25)22-23-20(26)16-4-3-5-18(14-16)29(27,28)24-12-1-2-13-24/h3-11,14H,1-2,12-13H2,(H,22,25)(H,23,26)/b11-8+. The summed E-state index contributed by atoms with van der Waals surface area (Å²) in [4.78, 5) is 24.1. The van der Waals surface area contributed by atoms with Crippen LogP contribution in [0.15, 0.2) is 59.5 Å². The Morgan fingerprint density at radius 2 is 1.69 bits per heavy atom. The Hall–Kier alpha value is -3.04. The molecule has 1 aliphatic heterocycles. The zero-order chi connectivity index (χ0) is 20.9. The molecule has 1 saturated heterocycles. The van der Waals surface area contributed by atoms with E-state index in [4.69, 9.17) is 0 Å². The van der Waals surface area contributed by atoms with Gasteiger partial charge in [-0.3, -0.25) is 20.4 Å². The smallest absolute Gasteiger partial charge is 0.268 e. The molecule has 0 spiro atoms. The van der Waals surface area contributed by atoms with Crippen LogP contribution in [0.25, 0.3) is 6.08 Å². The molecule has 0 atom stereocenters. The first-order valence-corrected chi connectivity index (χ1v) is 10.4. The predicted octanol–water partition coefficient (Wildman–Crippen LogP) is 2.08. The number of carbonyl (C=O) groups excluding carboxylic acids is 2. The number of nitrogens with zero attached hydrogens (tertiary/aromatic N) is 1. The first kappa shape index (κ1) is 20.7. The van der Waals surface area contributed by atoms with Crippen molar-refractivity contribution in [2.24, 2.45) is 0 Å². The third-order valence-corrected chi connectivity index (χ3v) is 6.29. The molecule has 2 aromatic carbocycles. The summed E-state index contributed by atoms with van der Waals surface area (Å²) in [5.74, 6) is -1.62. The minimum absolute atomic E-state index is 0.0367. The van der Waals surface area contributed by atoms with Crippen LogP contribution in [0.5, 0.6) is 0 Å². The van der Waals surface area contributed by atoms with Crippen molar-refractivity contribution < 1.29 is 22.4 Å². The van der Waals surface area contributed by atoms with Crippen LogP contribution in [0, 0.1) is 5.82 Å². The maximum atomic E-state index is 12.9. The molecule has 0 radical (unpaired) electrons. The monoisotopic (exact) mass is 417 g/mol. The minimum Gasteiger partial charge on any atom is -0.268 e. The number of sulfonamides is 1. The molecule has 1 fully saturated rings. The third-order valence-electron chi connectivity index (χ3n) is 4.40. The van der Waals surface area contributed by atoms with Crippen molar-refractivity contribution in [3.8, 4) is 0 Å². The minimum atomic E-state index is -3.64. The van der Waals surface area contributed by atoms with Gasteiger partial charge in [0.05, 0.1) is 4.90 Å². The van der Waals surface area contributed by atoms with Crippen molar-refractivity contribution in [1.29, 1.82) is 0 Å². The number of benzene rings is 2. The van der Waals surface area contributed by atoms with Crippen molar-refractivity contribution in [1.82, 2.24) is 15.2 Å². The molecule has 3 rings (SSSR count). The molecule has 7 nitrogen and oxygen atoms in total. The summed E-state index contributed by atoms with van der Waals surface area (Å²) >= 11 is 0. The summed E-state index contributed by atoms with van der Waals surface area (Å²) < 4.78 is 39.5. The van der Waals surface area contributed by atoms with E-state index in [1.807, 2.05) is 0 Å². The van der Waals surface area contributed by atoms with E-state index >= 15 is 0 Å². The average Bonchev–Trinajstić information content (AvgIpc) is 3.27. The molecule has 0 aromatic heterocycles. The lowest BCUT2D eigenvalue weighted by Gasteiger charge is -2.16. The van der Waals surface area contributed by atoms with Crippen LogP contribution < -0.4 is 10.9 Å². The summed E-state index contributed by atoms with van der Waals surface area (Å²) in [5.41, 5.74) is 5.17. The van der Waals surface area contributed by atoms with Crippen LogP contribution in [-0.4, -0.2) is 37.6 Å². The van der Waals surface area contributed by atoms with Gasteiger partial charge in [0.2, 0.25) is 10.0 Å². The molecule has 2 N–H and O–H groups in total. The topological polar surface area (TPSA) is 95.6 Å². The van der Waals surface area contributed by atoms with E-state index in [-0.39, 0.29) is 16.3 Å². The van der Waals surface area contributed by atoms with Crippen molar-refractivity contribution >= 4 is 27.9 Å². The van der Waals surface area contributed by atoms with E-state index < -0.39 is 21.8 Å². The second-order valence-corrected chi connectivity index (χ2v) is 8.41. The Labute approximate surface area is 168 Å². The van der Waals surface area contributed by atoms with E-state index in [1.54, 1.807) is 0 Å². The Balaban J connectivity index is 1.60. The molecule has 9 heteroatoms. The van der Waals surface area contributed by atoms with E-state index in [0.29, 0.717) is 18.7 Å². The van der Waals surface area contributed by atoms with Gasteiger partial charge in [-0.05, 0) is 54.8 Å². The molecule has 1 heterocycles. The Morgan fingerprint density at radius 3 is 2.38 bits per heavy atom. The first-order valence-electron chi connectivity index (χ1n) is 9.00. The quantitative estimate of drug-likeness (QED) is 0.575. The van der Waals surface area contributed by atoms with Crippen molar-refractivity contribution in [2.75, 3.05) is 13.1 Å². The molecule has 0 aliphatic carbocycles. The van der Waals surface area contributed by atoms with Gasteiger partial charge in [0.1, 0.15) is 5.82 Å². The largest absolute Gasteiger partial charge is 0.269 e. The van der Waals surface area contributed by atoms with Gasteiger partial charge >= 0.3 is 0 Å². The van der Waals surface area contributed by atoms with E-state index in [9.17, 15) is 22.4 Å². The van der Waals surface area contributed by atoms with Gasteiger partial charge in [-0.2, -0.15) is 4.31 Å². The maximum Gasteiger partial charge on any atom is 0.269 e. The number of hydrogen-bond acceptors (Lipinski definition) is 4. The summed E-state index contributed by atoms with van der Waals surface area (Å²) in [6.45, 7) is 0.935. The summed E-state index contributed by atoms with van der Waals surface area (Å²) in [5, 5.41) is 0. The number of amides is 2. The Morgan fingerprint density at radius 1 is 1.00 bits per heavy atom. The summed E-state index contributed by atoms with van der Waals surface area (Å²) in [6, 6.07) is 11.2. The fourth-order valence-corrected chi connectivity index (χ4v) is 4.42. The van der Waals surface area contributed by atoms with Crippen molar-refractivity contribution in [2.45, 2.75) is 17.7 Å². The van der Waals surface area contributed by atoms with Crippen LogP contribution in [0.4, 0.5) is 4.39 Å². The highest BCUT2D eigenvalue weighted by Crippen LogP contribution is 2.21. The molecule has 152 valence electrons. The molecular formula is C20H20FN3O4S. The molecule has 1 aliphatic rings. The highest BCUT2D eigenvalue weighted by molar-refractivity contribution is 7.89. The zero-order valence-electron chi connectivity index (χ0n) is 15.5. The molecule has 2 amide bonds. The Bertz CT molecular complexity index is 1030. The van der Waals surface area contributed by atoms with E-state index in [2.05, 4.69) is 10.9 Å². The van der Waals surface area contributed by atoms with Crippen molar-refractivity contribution in [3.63, 3.8) is 0 Å². The lowest BCUT2D eigenvalue weighted by molar-refractivity contribution is -0.117. The van der Waals surface area contributed by atoms with Gasteiger partial charge in [0.15, 0.2) is 0 Å². The van der Waals surface area contributed by atoms with Crippen LogP contribution in [-0.2, 0) is 14.8 Å². The first-order chi connectivity index (χ1) is 13.9. The number of hydrogen-bond donors (Lipinski definition) is 2. The number of halogens is 1. The molecular weight excluding hydrogens is 397 g/mol. The molecule has 0 bridgehead atoms. The van der Waals surface area contributed by atoms with E-state index in [0.717, 1.165) is 12.8 Å². The van der Waals surface area contributed by atoms with Crippen molar-refractivity contribution in [3.05, 3.63) is 71.6 Å². The zero-order valence-corrected chi connectivity index (χ0v) is 16.3. The van der Waals surface area contributed by atoms with Crippen LogP contribution >= 0.6 is 0 Å². The molecule has 0 unspecified atom stereocenters. The number of carbonyl (C=O) groups is 2.